The number of amides is 2. The van der Waals surface area contributed by atoms with Crippen LogP contribution >= 0.6 is 27.3 Å². The van der Waals surface area contributed by atoms with Gasteiger partial charge in [-0.2, -0.15) is 0 Å². The summed E-state index contributed by atoms with van der Waals surface area (Å²) in [4.78, 5) is 34.2. The highest BCUT2D eigenvalue weighted by Crippen LogP contribution is 2.32. The van der Waals surface area contributed by atoms with Crippen LogP contribution in [0.25, 0.3) is 11.3 Å². The van der Waals surface area contributed by atoms with E-state index in [2.05, 4.69) is 15.9 Å². The van der Waals surface area contributed by atoms with Gasteiger partial charge in [0.15, 0.2) is 5.13 Å². The Morgan fingerprint density at radius 2 is 2.13 bits per heavy atom. The van der Waals surface area contributed by atoms with Crippen LogP contribution in [0, 0.1) is 5.92 Å². The highest BCUT2D eigenvalue weighted by Gasteiger charge is 2.39. The van der Waals surface area contributed by atoms with Gasteiger partial charge in [-0.1, -0.05) is 28.1 Å². The van der Waals surface area contributed by atoms with Gasteiger partial charge in [0, 0.05) is 41.0 Å². The highest BCUT2D eigenvalue weighted by molar-refractivity contribution is 9.10. The van der Waals surface area contributed by atoms with Crippen molar-refractivity contribution in [3.8, 4) is 11.3 Å². The summed E-state index contributed by atoms with van der Waals surface area (Å²) in [6, 6.07) is 8.07. The van der Waals surface area contributed by atoms with E-state index in [1.807, 2.05) is 43.5 Å². The number of rotatable bonds is 6. The molecular formula is C22H26BrN3O3S. The predicted octanol–water partition coefficient (Wildman–Crippen LogP) is 4.34. The molecule has 2 aliphatic heterocycles. The van der Waals surface area contributed by atoms with E-state index in [0.717, 1.165) is 35.2 Å². The van der Waals surface area contributed by atoms with Crippen LogP contribution in [0.15, 0.2) is 34.1 Å². The fraction of sp³-hybridized carbons (Fsp3) is 0.500. The molecular weight excluding hydrogens is 466 g/mol. The van der Waals surface area contributed by atoms with Crippen LogP contribution in [0.4, 0.5) is 5.13 Å². The topological polar surface area (TPSA) is 62.7 Å². The summed E-state index contributed by atoms with van der Waals surface area (Å²) in [5, 5.41) is 2.65. The molecule has 6 nitrogen and oxygen atoms in total. The van der Waals surface area contributed by atoms with E-state index in [1.165, 1.54) is 11.3 Å². The van der Waals surface area contributed by atoms with Crippen molar-refractivity contribution >= 4 is 44.2 Å². The van der Waals surface area contributed by atoms with Crippen LogP contribution < -0.4 is 4.90 Å². The number of hydrogen-bond acceptors (Lipinski definition) is 5. The highest BCUT2D eigenvalue weighted by atomic mass is 79.9. The first kappa shape index (κ1) is 21.5. The Kier molecular flexibility index (Phi) is 6.55. The van der Waals surface area contributed by atoms with E-state index >= 15 is 0 Å². The molecule has 3 heterocycles. The maximum absolute atomic E-state index is 13.5. The van der Waals surface area contributed by atoms with Gasteiger partial charge in [-0.05, 0) is 38.8 Å². The van der Waals surface area contributed by atoms with Gasteiger partial charge in [-0.3, -0.25) is 14.5 Å². The number of hydrogen-bond donors (Lipinski definition) is 0. The monoisotopic (exact) mass is 491 g/mol. The average Bonchev–Trinajstić information content (AvgIpc) is 3.47. The van der Waals surface area contributed by atoms with Crippen LogP contribution in [0.5, 0.6) is 0 Å². The summed E-state index contributed by atoms with van der Waals surface area (Å²) in [6.07, 6.45) is 2.24. The van der Waals surface area contributed by atoms with Gasteiger partial charge in [0.2, 0.25) is 11.8 Å². The van der Waals surface area contributed by atoms with E-state index in [9.17, 15) is 9.59 Å². The summed E-state index contributed by atoms with van der Waals surface area (Å²) in [5.74, 6) is -0.310. The van der Waals surface area contributed by atoms with Crippen molar-refractivity contribution in [3.63, 3.8) is 0 Å². The number of thiazole rings is 1. The molecule has 0 bridgehead atoms. The first-order valence-corrected chi connectivity index (χ1v) is 12.0. The number of aromatic nitrogens is 1. The SMILES string of the molecule is CC(C)N1CC(C(=O)N(CC2CCCO2)c2nc(-c3ccc(Br)cc3)cs2)CC1=O. The summed E-state index contributed by atoms with van der Waals surface area (Å²) in [6.45, 7) is 5.67. The van der Waals surface area contributed by atoms with Crippen LogP contribution in [0.3, 0.4) is 0 Å². The van der Waals surface area contributed by atoms with Crippen molar-refractivity contribution in [1.82, 2.24) is 9.88 Å². The van der Waals surface area contributed by atoms with Gasteiger partial charge < -0.3 is 9.64 Å². The Morgan fingerprint density at radius 1 is 1.37 bits per heavy atom. The molecule has 1 aromatic carbocycles. The van der Waals surface area contributed by atoms with Crippen molar-refractivity contribution in [1.29, 1.82) is 0 Å². The van der Waals surface area contributed by atoms with Gasteiger partial charge >= 0.3 is 0 Å². The number of nitrogens with zero attached hydrogens (tertiary/aromatic N) is 3. The van der Waals surface area contributed by atoms with Gasteiger partial charge in [0.1, 0.15) is 0 Å². The molecule has 2 aliphatic rings. The molecule has 2 aromatic rings. The fourth-order valence-corrected chi connectivity index (χ4v) is 5.13. The number of likely N-dealkylation sites (tertiary alicyclic amines) is 1. The zero-order valence-corrected chi connectivity index (χ0v) is 19.6. The second-order valence-corrected chi connectivity index (χ2v) is 9.90. The molecule has 1 aromatic heterocycles. The van der Waals surface area contributed by atoms with Crippen LogP contribution in [-0.2, 0) is 14.3 Å². The molecule has 2 unspecified atom stereocenters. The summed E-state index contributed by atoms with van der Waals surface area (Å²) >= 11 is 4.92. The van der Waals surface area contributed by atoms with Gasteiger partial charge in [-0.25, -0.2) is 4.98 Å². The van der Waals surface area contributed by atoms with Crippen molar-refractivity contribution < 1.29 is 14.3 Å². The molecule has 30 heavy (non-hydrogen) atoms. The van der Waals surface area contributed by atoms with Crippen LogP contribution in [-0.4, -0.2) is 53.5 Å². The van der Waals surface area contributed by atoms with Gasteiger partial charge in [-0.15, -0.1) is 11.3 Å². The largest absolute Gasteiger partial charge is 0.376 e. The molecule has 2 saturated heterocycles. The zero-order valence-electron chi connectivity index (χ0n) is 17.2. The molecule has 8 heteroatoms. The first-order valence-electron chi connectivity index (χ1n) is 10.4. The van der Waals surface area contributed by atoms with Crippen molar-refractivity contribution in [2.75, 3.05) is 24.6 Å². The molecule has 2 amide bonds. The maximum atomic E-state index is 13.5. The van der Waals surface area contributed by atoms with Crippen molar-refractivity contribution in [2.45, 2.75) is 45.3 Å². The third-order valence-corrected chi connectivity index (χ3v) is 7.06. The first-order chi connectivity index (χ1) is 14.4. The number of halogens is 1. The van der Waals surface area contributed by atoms with E-state index in [4.69, 9.17) is 9.72 Å². The van der Waals surface area contributed by atoms with Gasteiger partial charge in [0.05, 0.1) is 24.3 Å². The normalized spacial score (nSPS) is 21.6. The Morgan fingerprint density at radius 3 is 2.77 bits per heavy atom. The lowest BCUT2D eigenvalue weighted by Gasteiger charge is -2.26. The second kappa shape index (κ2) is 9.16. The standard InChI is InChI=1S/C22H26BrN3O3S/c1-14(2)25-11-16(10-20(25)27)21(28)26(12-18-4-3-9-29-18)22-24-19(13-30-22)15-5-7-17(23)8-6-15/h5-8,13-14,16,18H,3-4,9-12H2,1-2H3. The molecule has 160 valence electrons. The molecule has 2 atom stereocenters. The fourth-order valence-electron chi connectivity index (χ4n) is 4.01. The Balaban J connectivity index is 1.58. The van der Waals surface area contributed by atoms with Crippen molar-refractivity contribution in [3.05, 3.63) is 34.1 Å². The van der Waals surface area contributed by atoms with E-state index < -0.39 is 0 Å². The van der Waals surface area contributed by atoms with E-state index in [0.29, 0.717) is 18.2 Å². The predicted molar refractivity (Wildman–Crippen MR) is 122 cm³/mol. The van der Waals surface area contributed by atoms with Crippen molar-refractivity contribution in [2.24, 2.45) is 5.92 Å². The Labute approximate surface area is 189 Å². The smallest absolute Gasteiger partial charge is 0.234 e. The minimum atomic E-state index is -0.332. The van der Waals surface area contributed by atoms with Gasteiger partial charge in [0.25, 0.3) is 0 Å². The molecule has 0 N–H and O–H groups in total. The zero-order chi connectivity index (χ0) is 21.3. The van der Waals surface area contributed by atoms with E-state index in [-0.39, 0.29) is 36.3 Å². The molecule has 0 aliphatic carbocycles. The minimum absolute atomic E-state index is 0.0206. The minimum Gasteiger partial charge on any atom is -0.376 e. The molecule has 0 spiro atoms. The number of carbonyl (C=O) groups is 2. The lowest BCUT2D eigenvalue weighted by atomic mass is 10.1. The quantitative estimate of drug-likeness (QED) is 0.602. The second-order valence-electron chi connectivity index (χ2n) is 8.15. The average molecular weight is 492 g/mol. The van der Waals surface area contributed by atoms with E-state index in [1.54, 1.807) is 9.80 Å². The summed E-state index contributed by atoms with van der Waals surface area (Å²) < 4.78 is 6.81. The molecule has 0 saturated carbocycles. The number of anilines is 1. The lowest BCUT2D eigenvalue weighted by molar-refractivity contribution is -0.129. The Hall–Kier alpha value is -1.77. The molecule has 0 radical (unpaired) electrons. The third kappa shape index (κ3) is 4.60. The third-order valence-electron chi connectivity index (χ3n) is 5.67. The number of benzene rings is 1. The summed E-state index contributed by atoms with van der Waals surface area (Å²) in [7, 11) is 0. The number of carbonyl (C=O) groups excluding carboxylic acids is 2. The molecule has 4 rings (SSSR count). The number of ether oxygens (including phenoxy) is 1. The Bertz CT molecular complexity index is 909. The maximum Gasteiger partial charge on any atom is 0.234 e. The molecule has 2 fully saturated rings. The summed E-state index contributed by atoms with van der Waals surface area (Å²) in [5.41, 5.74) is 1.85. The van der Waals surface area contributed by atoms with Crippen LogP contribution in [0.1, 0.15) is 33.1 Å². The van der Waals surface area contributed by atoms with Crippen LogP contribution in [0.2, 0.25) is 0 Å². The lowest BCUT2D eigenvalue weighted by Crippen LogP contribution is -2.42.